The van der Waals surface area contributed by atoms with E-state index in [-0.39, 0.29) is 11.9 Å². The number of hydrogen-bond donors (Lipinski definition) is 0. The van der Waals surface area contributed by atoms with Gasteiger partial charge in [0.15, 0.2) is 0 Å². The summed E-state index contributed by atoms with van der Waals surface area (Å²) in [6.45, 7) is 8.72. The third-order valence-electron chi connectivity index (χ3n) is 3.18. The predicted molar refractivity (Wildman–Crippen MR) is 94.4 cm³/mol. The van der Waals surface area contributed by atoms with Gasteiger partial charge in [0, 0.05) is 5.82 Å². The van der Waals surface area contributed by atoms with E-state index in [0.717, 1.165) is 18.5 Å². The van der Waals surface area contributed by atoms with Crippen LogP contribution >= 0.6 is 8.60 Å². The first-order valence-corrected chi connectivity index (χ1v) is 10.6. The van der Waals surface area contributed by atoms with E-state index in [0.29, 0.717) is 39.2 Å². The molecule has 1 aromatic rings. The molecule has 1 aliphatic rings. The molecule has 0 spiro atoms. The summed E-state index contributed by atoms with van der Waals surface area (Å²) in [5.74, 6) is -0.223. The van der Waals surface area contributed by atoms with Gasteiger partial charge in [-0.2, -0.15) is 31.3 Å². The molecule has 2 rings (SSSR count). The van der Waals surface area contributed by atoms with E-state index in [9.17, 15) is 7.64 Å². The van der Waals surface area contributed by atoms with Gasteiger partial charge in [0.2, 0.25) is 0 Å². The number of nitrogens with zero attached hydrogens (tertiary/aromatic N) is 1. The van der Waals surface area contributed by atoms with Crippen LogP contribution in [0.3, 0.4) is 0 Å². The van der Waals surface area contributed by atoms with Gasteiger partial charge in [0.25, 0.3) is 0 Å². The second-order valence-electron chi connectivity index (χ2n) is 4.93. The molecule has 0 N–H and O–H groups in total. The molecule has 146 valence electrons. The Morgan fingerprint density at radius 1 is 1.12 bits per heavy atom. The van der Waals surface area contributed by atoms with Crippen LogP contribution in [-0.4, -0.2) is 26.4 Å². The van der Waals surface area contributed by atoms with Crippen LogP contribution in [0, 0.1) is 11.9 Å². The fraction of sp³-hybridized carbons (Fsp3) is 0.647. The number of halogens is 2. The molecular formula is C17H28F2IrNO3P+. The van der Waals surface area contributed by atoms with E-state index < -0.39 is 8.60 Å². The van der Waals surface area contributed by atoms with Gasteiger partial charge in [-0.15, -0.1) is 24.7 Å². The van der Waals surface area contributed by atoms with Gasteiger partial charge in [0.05, 0.1) is 19.8 Å². The van der Waals surface area contributed by atoms with Crippen molar-refractivity contribution in [2.45, 2.75) is 46.1 Å². The molecule has 1 saturated heterocycles. The minimum atomic E-state index is -1.40. The van der Waals surface area contributed by atoms with Crippen LogP contribution in [0.15, 0.2) is 18.2 Å². The molecule has 1 unspecified atom stereocenters. The molecule has 1 atom stereocenters. The van der Waals surface area contributed by atoms with Gasteiger partial charge in [-0.25, -0.2) is 0 Å². The molecule has 0 saturated carbocycles. The minimum absolute atomic E-state index is 0.223. The Morgan fingerprint density at radius 3 is 2.12 bits per heavy atom. The van der Waals surface area contributed by atoms with Gasteiger partial charge in [0.1, 0.15) is 0 Å². The van der Waals surface area contributed by atoms with E-state index in [2.05, 4.69) is 11.4 Å². The summed E-state index contributed by atoms with van der Waals surface area (Å²) in [6, 6.07) is 7.85. The molecule has 0 bridgehead atoms. The summed E-state index contributed by atoms with van der Waals surface area (Å²) < 4.78 is 37.6. The van der Waals surface area contributed by atoms with E-state index in [1.165, 1.54) is 25.0 Å². The monoisotopic (exact) mass is 556 g/mol. The number of rotatable bonds is 7. The topological polar surface area (TPSA) is 41.8 Å². The van der Waals surface area contributed by atoms with Gasteiger partial charge < -0.3 is 5.32 Å². The first-order chi connectivity index (χ1) is 12.2. The van der Waals surface area contributed by atoms with Crippen LogP contribution in [-0.2, 0) is 33.0 Å². The zero-order chi connectivity index (χ0) is 18.9. The summed E-state index contributed by atoms with van der Waals surface area (Å²) in [5.41, 5.74) is 1.03. The fourth-order valence-corrected chi connectivity index (χ4v) is 3.10. The molecule has 0 aromatic heterocycles. The Bertz CT molecular complexity index is 395. The Morgan fingerprint density at radius 2 is 1.72 bits per heavy atom. The van der Waals surface area contributed by atoms with Crippen molar-refractivity contribution in [1.29, 1.82) is 0 Å². The second-order valence-corrected chi connectivity index (χ2v) is 6.30. The number of piperidine rings is 1. The normalized spacial score (nSPS) is 16.5. The van der Waals surface area contributed by atoms with Crippen molar-refractivity contribution in [3.63, 3.8) is 0 Å². The summed E-state index contributed by atoms with van der Waals surface area (Å²) >= 11 is 0.500. The predicted octanol–water partition coefficient (Wildman–Crippen LogP) is 5.70. The third kappa shape index (κ3) is 12.1. The molecule has 1 aromatic carbocycles. The zero-order valence-electron chi connectivity index (χ0n) is 15.0. The molecule has 0 radical (unpaired) electrons. The maximum absolute atomic E-state index is 12.6. The molecule has 8 heteroatoms. The van der Waals surface area contributed by atoms with Crippen molar-refractivity contribution < 1.29 is 40.6 Å². The van der Waals surface area contributed by atoms with Gasteiger partial charge in [-0.3, -0.25) is 4.39 Å². The van der Waals surface area contributed by atoms with Crippen molar-refractivity contribution >= 4 is 8.60 Å². The Hall–Kier alpha value is -0.000649. The molecule has 1 aliphatic heterocycles. The second kappa shape index (κ2) is 17.4. The molecule has 4 nitrogen and oxygen atoms in total. The number of hydrogen-bond acceptors (Lipinski definition) is 3. The summed E-state index contributed by atoms with van der Waals surface area (Å²) in [5, 5.41) is 4.48. The third-order valence-corrected chi connectivity index (χ3v) is 4.75. The number of benzene rings is 1. The summed E-state index contributed by atoms with van der Waals surface area (Å²) in [7, 11) is -1.40. The maximum atomic E-state index is 12.6. The Labute approximate surface area is 162 Å². The van der Waals surface area contributed by atoms with Crippen LogP contribution in [0.5, 0.6) is 0 Å². The SMILES string of the molecule is CCO[PH+](OCC)OCC.Fc1c[c-]c(C2CCCC[N-]2)cc1.[F][Ir+2]. The van der Waals surface area contributed by atoms with Crippen LogP contribution in [0.25, 0.3) is 5.32 Å². The molecule has 0 amide bonds. The van der Waals surface area contributed by atoms with E-state index in [4.69, 9.17) is 13.6 Å². The van der Waals surface area contributed by atoms with E-state index >= 15 is 0 Å². The van der Waals surface area contributed by atoms with Crippen LogP contribution < -0.4 is 0 Å². The zero-order valence-corrected chi connectivity index (χ0v) is 18.4. The average Bonchev–Trinajstić information content (AvgIpc) is 2.66. The van der Waals surface area contributed by atoms with E-state index in [1.807, 2.05) is 20.8 Å². The van der Waals surface area contributed by atoms with Crippen molar-refractivity contribution in [1.82, 2.24) is 0 Å². The molecule has 1 heterocycles. The van der Waals surface area contributed by atoms with Crippen molar-refractivity contribution in [2.75, 3.05) is 26.4 Å². The van der Waals surface area contributed by atoms with Gasteiger partial charge >= 0.3 is 31.3 Å². The van der Waals surface area contributed by atoms with Gasteiger partial charge in [-0.05, 0) is 20.8 Å². The van der Waals surface area contributed by atoms with Crippen LogP contribution in [0.1, 0.15) is 51.6 Å². The van der Waals surface area contributed by atoms with Crippen LogP contribution in [0.4, 0.5) is 7.64 Å². The van der Waals surface area contributed by atoms with Crippen molar-refractivity contribution in [3.8, 4) is 0 Å². The molecular weight excluding hydrogens is 527 g/mol. The Kier molecular flexibility index (Phi) is 17.4. The first kappa shape index (κ1) is 25.0. The average molecular weight is 556 g/mol. The summed E-state index contributed by atoms with van der Waals surface area (Å²) in [6.07, 6.45) is 3.50. The van der Waals surface area contributed by atoms with Crippen molar-refractivity contribution in [3.05, 3.63) is 41.0 Å². The first-order valence-electron chi connectivity index (χ1n) is 8.42. The van der Waals surface area contributed by atoms with E-state index in [1.54, 1.807) is 6.07 Å². The van der Waals surface area contributed by atoms with Gasteiger partial charge in [-0.1, -0.05) is 19.3 Å². The fourth-order valence-electron chi connectivity index (χ4n) is 2.15. The standard InChI is InChI=1S/C11H12FN.C6H16O3P.FH.Ir/c12-10-6-4-9(5-7-10)11-3-1-2-8-13-11;1-4-7-10(8-5-2)9-6-3;;/h4,6-7,11H,1-3,8H2;10H,4-6H2,1-3H3;1H;/q-2;+1;;+3/p-1. The quantitative estimate of drug-likeness (QED) is 0.320. The van der Waals surface area contributed by atoms with Crippen LogP contribution in [0.2, 0.25) is 0 Å². The molecule has 0 aliphatic carbocycles. The molecule has 1 fully saturated rings. The van der Waals surface area contributed by atoms with Crippen molar-refractivity contribution in [2.24, 2.45) is 0 Å². The summed E-state index contributed by atoms with van der Waals surface area (Å²) in [4.78, 5) is 0. The molecule has 25 heavy (non-hydrogen) atoms. The Balaban J connectivity index is 0.000000434.